The van der Waals surface area contributed by atoms with Gasteiger partial charge in [0, 0.05) is 24.3 Å². The van der Waals surface area contributed by atoms with Crippen molar-refractivity contribution in [3.8, 4) is 0 Å². The molecule has 3 nitrogen and oxygen atoms in total. The van der Waals surface area contributed by atoms with Crippen LogP contribution in [0.1, 0.15) is 45.7 Å². The van der Waals surface area contributed by atoms with Gasteiger partial charge in [0.1, 0.15) is 0 Å². The van der Waals surface area contributed by atoms with Crippen molar-refractivity contribution in [3.63, 3.8) is 0 Å². The van der Waals surface area contributed by atoms with Crippen LogP contribution in [0.15, 0.2) is 12.4 Å². The zero-order chi connectivity index (χ0) is 12.1. The van der Waals surface area contributed by atoms with E-state index in [4.69, 9.17) is 0 Å². The Morgan fingerprint density at radius 3 is 2.56 bits per heavy atom. The van der Waals surface area contributed by atoms with Crippen molar-refractivity contribution in [2.24, 2.45) is 11.8 Å². The van der Waals surface area contributed by atoms with Crippen LogP contribution in [0.2, 0.25) is 0 Å². The predicted octanol–water partition coefficient (Wildman–Crippen LogP) is 2.85. The van der Waals surface area contributed by atoms with Gasteiger partial charge in [-0.05, 0) is 25.3 Å². The van der Waals surface area contributed by atoms with Crippen LogP contribution in [0, 0.1) is 11.8 Å². The molecule has 1 aromatic rings. The lowest BCUT2D eigenvalue weighted by Gasteiger charge is -2.25. The summed E-state index contributed by atoms with van der Waals surface area (Å²) >= 11 is 0. The fourth-order valence-corrected chi connectivity index (χ4v) is 2.01. The van der Waals surface area contributed by atoms with Crippen LogP contribution in [0.5, 0.6) is 0 Å². The first-order valence-electron chi connectivity index (χ1n) is 6.29. The summed E-state index contributed by atoms with van der Waals surface area (Å²) in [6.45, 7) is 10.0. The quantitative estimate of drug-likeness (QED) is 0.803. The molecule has 16 heavy (non-hydrogen) atoms. The number of hydrogen-bond donors (Lipinski definition) is 1. The van der Waals surface area contributed by atoms with Crippen molar-refractivity contribution in [1.29, 1.82) is 0 Å². The molecule has 1 N–H and O–H groups in total. The van der Waals surface area contributed by atoms with Gasteiger partial charge in [-0.2, -0.15) is 5.10 Å². The summed E-state index contributed by atoms with van der Waals surface area (Å²) in [6, 6.07) is 0.408. The molecule has 0 amide bonds. The largest absolute Gasteiger partial charge is 0.313 e. The summed E-state index contributed by atoms with van der Waals surface area (Å²) in [7, 11) is 2.03. The van der Waals surface area contributed by atoms with Crippen molar-refractivity contribution in [3.05, 3.63) is 18.0 Å². The van der Waals surface area contributed by atoms with E-state index in [1.54, 1.807) is 0 Å². The molecule has 2 atom stereocenters. The summed E-state index contributed by atoms with van der Waals surface area (Å²) in [5, 5.41) is 7.79. The summed E-state index contributed by atoms with van der Waals surface area (Å²) in [6.07, 6.45) is 5.30. The number of nitrogens with zero attached hydrogens (tertiary/aromatic N) is 2. The molecule has 0 saturated carbocycles. The first-order chi connectivity index (χ1) is 7.60. The van der Waals surface area contributed by atoms with Crippen molar-refractivity contribution in [2.75, 3.05) is 7.05 Å². The number of nitrogens with one attached hydrogen (secondary N) is 1. The fraction of sp³-hybridized carbons (Fsp3) is 0.769. The second-order valence-electron chi connectivity index (χ2n) is 4.91. The Morgan fingerprint density at radius 2 is 2.06 bits per heavy atom. The standard InChI is InChI=1S/C13H25N3/c1-6-7-16-9-12(8-15-16)13(14-5)11(4)10(2)3/h8-11,13-14H,6-7H2,1-5H3. The topological polar surface area (TPSA) is 29.9 Å². The highest BCUT2D eigenvalue weighted by molar-refractivity contribution is 5.11. The van der Waals surface area contributed by atoms with Gasteiger partial charge in [0.2, 0.25) is 0 Å². The second kappa shape index (κ2) is 6.04. The van der Waals surface area contributed by atoms with Crippen molar-refractivity contribution in [1.82, 2.24) is 15.1 Å². The molecule has 1 aromatic heterocycles. The molecule has 3 heteroatoms. The first kappa shape index (κ1) is 13.2. The van der Waals surface area contributed by atoms with Crippen molar-refractivity contribution < 1.29 is 0 Å². The summed E-state index contributed by atoms with van der Waals surface area (Å²) < 4.78 is 2.03. The zero-order valence-corrected chi connectivity index (χ0v) is 11.2. The number of aryl methyl sites for hydroxylation is 1. The smallest absolute Gasteiger partial charge is 0.0537 e. The summed E-state index contributed by atoms with van der Waals surface area (Å²) in [5.74, 6) is 1.29. The molecular weight excluding hydrogens is 198 g/mol. The molecule has 92 valence electrons. The molecule has 0 saturated heterocycles. The Bertz CT molecular complexity index is 304. The minimum absolute atomic E-state index is 0.408. The highest BCUT2D eigenvalue weighted by atomic mass is 15.3. The molecule has 2 unspecified atom stereocenters. The van der Waals surface area contributed by atoms with Crippen LogP contribution in [-0.4, -0.2) is 16.8 Å². The van der Waals surface area contributed by atoms with Crippen LogP contribution in [-0.2, 0) is 6.54 Å². The van der Waals surface area contributed by atoms with Crippen LogP contribution in [0.4, 0.5) is 0 Å². The van der Waals surface area contributed by atoms with E-state index in [2.05, 4.69) is 44.3 Å². The van der Waals surface area contributed by atoms with E-state index < -0.39 is 0 Å². The Morgan fingerprint density at radius 1 is 1.38 bits per heavy atom. The van der Waals surface area contributed by atoms with Gasteiger partial charge in [-0.25, -0.2) is 0 Å². The lowest BCUT2D eigenvalue weighted by Crippen LogP contribution is -2.26. The minimum atomic E-state index is 0.408. The Kier molecular flexibility index (Phi) is 5.00. The van der Waals surface area contributed by atoms with E-state index in [0.29, 0.717) is 17.9 Å². The van der Waals surface area contributed by atoms with Gasteiger partial charge in [0.15, 0.2) is 0 Å². The molecule has 0 aliphatic carbocycles. The molecular formula is C13H25N3. The van der Waals surface area contributed by atoms with E-state index >= 15 is 0 Å². The average molecular weight is 223 g/mol. The first-order valence-corrected chi connectivity index (χ1v) is 6.29. The van der Waals surface area contributed by atoms with Gasteiger partial charge in [0.25, 0.3) is 0 Å². The van der Waals surface area contributed by atoms with Gasteiger partial charge in [-0.3, -0.25) is 4.68 Å². The van der Waals surface area contributed by atoms with Gasteiger partial charge < -0.3 is 5.32 Å². The van der Waals surface area contributed by atoms with Gasteiger partial charge >= 0.3 is 0 Å². The normalized spacial score (nSPS) is 15.4. The van der Waals surface area contributed by atoms with E-state index in [0.717, 1.165) is 13.0 Å². The zero-order valence-electron chi connectivity index (χ0n) is 11.2. The maximum absolute atomic E-state index is 4.39. The summed E-state index contributed by atoms with van der Waals surface area (Å²) in [4.78, 5) is 0. The van der Waals surface area contributed by atoms with E-state index in [-0.39, 0.29) is 0 Å². The SMILES string of the molecule is CCCn1cc(C(NC)C(C)C(C)C)cn1. The molecule has 0 aromatic carbocycles. The molecule has 0 bridgehead atoms. The Labute approximate surface area is 99.2 Å². The number of aromatic nitrogens is 2. The highest BCUT2D eigenvalue weighted by Gasteiger charge is 2.21. The predicted molar refractivity (Wildman–Crippen MR) is 68.3 cm³/mol. The van der Waals surface area contributed by atoms with Crippen LogP contribution in [0.25, 0.3) is 0 Å². The third kappa shape index (κ3) is 3.08. The fourth-order valence-electron chi connectivity index (χ4n) is 2.01. The van der Waals surface area contributed by atoms with Crippen LogP contribution < -0.4 is 5.32 Å². The van der Waals surface area contributed by atoms with E-state index in [9.17, 15) is 0 Å². The third-order valence-electron chi connectivity index (χ3n) is 3.35. The van der Waals surface area contributed by atoms with E-state index in [1.165, 1.54) is 5.56 Å². The number of rotatable bonds is 6. The molecule has 0 aliphatic heterocycles. The van der Waals surface area contributed by atoms with Crippen LogP contribution >= 0.6 is 0 Å². The molecule has 0 fully saturated rings. The molecule has 1 rings (SSSR count). The van der Waals surface area contributed by atoms with Gasteiger partial charge in [0.05, 0.1) is 6.20 Å². The van der Waals surface area contributed by atoms with Gasteiger partial charge in [-0.1, -0.05) is 27.7 Å². The molecule has 0 spiro atoms. The second-order valence-corrected chi connectivity index (χ2v) is 4.91. The lowest BCUT2D eigenvalue weighted by atomic mass is 9.87. The third-order valence-corrected chi connectivity index (χ3v) is 3.35. The molecule has 1 heterocycles. The Balaban J connectivity index is 2.78. The summed E-state index contributed by atoms with van der Waals surface area (Å²) in [5.41, 5.74) is 1.30. The van der Waals surface area contributed by atoms with Crippen molar-refractivity contribution in [2.45, 2.75) is 46.7 Å². The van der Waals surface area contributed by atoms with E-state index in [1.807, 2.05) is 17.9 Å². The average Bonchev–Trinajstić information content (AvgIpc) is 2.68. The minimum Gasteiger partial charge on any atom is -0.313 e. The lowest BCUT2D eigenvalue weighted by molar-refractivity contribution is 0.317. The Hall–Kier alpha value is -0.830. The van der Waals surface area contributed by atoms with Crippen molar-refractivity contribution >= 4 is 0 Å². The number of hydrogen-bond acceptors (Lipinski definition) is 2. The molecule has 0 aliphatic rings. The highest BCUT2D eigenvalue weighted by Crippen LogP contribution is 2.26. The molecule has 0 radical (unpaired) electrons. The monoisotopic (exact) mass is 223 g/mol. The van der Waals surface area contributed by atoms with Crippen LogP contribution in [0.3, 0.4) is 0 Å². The van der Waals surface area contributed by atoms with Gasteiger partial charge in [-0.15, -0.1) is 0 Å². The maximum Gasteiger partial charge on any atom is 0.0537 e. The maximum atomic E-state index is 4.39.